The summed E-state index contributed by atoms with van der Waals surface area (Å²) >= 11 is 0. The molecule has 1 aromatic carbocycles. The molecule has 0 N–H and O–H groups in total. The second-order valence-corrected chi connectivity index (χ2v) is 6.27. The van der Waals surface area contributed by atoms with Crippen LogP contribution in [0.1, 0.15) is 35.2 Å². The number of ether oxygens (including phenoxy) is 1. The van der Waals surface area contributed by atoms with Gasteiger partial charge in [0.25, 0.3) is 5.91 Å². The van der Waals surface area contributed by atoms with Crippen molar-refractivity contribution in [2.45, 2.75) is 26.1 Å². The van der Waals surface area contributed by atoms with Gasteiger partial charge in [-0.25, -0.2) is 4.68 Å². The van der Waals surface area contributed by atoms with Crippen molar-refractivity contribution in [2.75, 3.05) is 13.1 Å². The molecule has 0 aliphatic carbocycles. The molecule has 0 spiro atoms. The van der Waals surface area contributed by atoms with Crippen LogP contribution in [0.15, 0.2) is 47.1 Å². The summed E-state index contributed by atoms with van der Waals surface area (Å²) < 4.78 is 13.1. The first-order valence-corrected chi connectivity index (χ1v) is 8.45. The summed E-state index contributed by atoms with van der Waals surface area (Å²) in [5.74, 6) is 0.795. The number of aromatic nitrogens is 4. The van der Waals surface area contributed by atoms with Crippen LogP contribution in [-0.4, -0.2) is 50.0 Å². The molecule has 3 heterocycles. The highest BCUT2D eigenvalue weighted by atomic mass is 16.5. The molecule has 0 radical (unpaired) electrons. The van der Waals surface area contributed by atoms with Crippen molar-refractivity contribution in [3.63, 3.8) is 0 Å². The van der Waals surface area contributed by atoms with Gasteiger partial charge < -0.3 is 14.1 Å². The molecule has 1 saturated heterocycles. The maximum absolute atomic E-state index is 13.2. The zero-order chi connectivity index (χ0) is 18.1. The minimum absolute atomic E-state index is 0.0764. The van der Waals surface area contributed by atoms with Crippen LogP contribution in [0.25, 0.3) is 5.69 Å². The number of amides is 1. The molecule has 1 fully saturated rings. The SMILES string of the molecule is Cc1nnc([C@H]2CN(C(=O)c3ccccc3-n3cccn3)C[C@@H](C)O2)o1. The van der Waals surface area contributed by atoms with Crippen molar-refractivity contribution in [1.82, 2.24) is 24.9 Å². The summed E-state index contributed by atoms with van der Waals surface area (Å²) in [5.41, 5.74) is 1.33. The average Bonchev–Trinajstić information content (AvgIpc) is 3.32. The van der Waals surface area contributed by atoms with Gasteiger partial charge in [0.2, 0.25) is 11.8 Å². The van der Waals surface area contributed by atoms with Gasteiger partial charge in [0.1, 0.15) is 0 Å². The molecular weight excluding hydrogens is 334 g/mol. The predicted molar refractivity (Wildman–Crippen MR) is 91.8 cm³/mol. The molecule has 0 unspecified atom stereocenters. The van der Waals surface area contributed by atoms with Crippen LogP contribution in [0.5, 0.6) is 0 Å². The predicted octanol–water partition coefficient (Wildman–Crippen LogP) is 2.17. The molecule has 8 nitrogen and oxygen atoms in total. The lowest BCUT2D eigenvalue weighted by atomic mass is 10.1. The Hall–Kier alpha value is -3.00. The fraction of sp³-hybridized carbons (Fsp3) is 0.333. The van der Waals surface area contributed by atoms with Crippen molar-refractivity contribution < 1.29 is 13.9 Å². The number of carbonyl (C=O) groups excluding carboxylic acids is 1. The Morgan fingerprint density at radius 1 is 1.19 bits per heavy atom. The van der Waals surface area contributed by atoms with Crippen molar-refractivity contribution in [1.29, 1.82) is 0 Å². The first kappa shape index (κ1) is 16.5. The first-order chi connectivity index (χ1) is 12.6. The Labute approximate surface area is 150 Å². The van der Waals surface area contributed by atoms with Gasteiger partial charge in [-0.1, -0.05) is 12.1 Å². The number of carbonyl (C=O) groups is 1. The molecule has 0 saturated carbocycles. The summed E-state index contributed by atoms with van der Waals surface area (Å²) in [6, 6.07) is 9.25. The summed E-state index contributed by atoms with van der Waals surface area (Å²) in [6.07, 6.45) is 2.94. The second kappa shape index (κ2) is 6.72. The van der Waals surface area contributed by atoms with E-state index in [9.17, 15) is 4.79 Å². The van der Waals surface area contributed by atoms with Crippen LogP contribution in [0.4, 0.5) is 0 Å². The monoisotopic (exact) mass is 353 g/mol. The number of nitrogens with zero attached hydrogens (tertiary/aromatic N) is 5. The van der Waals surface area contributed by atoms with E-state index in [1.807, 2.05) is 43.5 Å². The summed E-state index contributed by atoms with van der Waals surface area (Å²) in [6.45, 7) is 4.51. The average molecular weight is 353 g/mol. The van der Waals surface area contributed by atoms with Crippen LogP contribution < -0.4 is 0 Å². The van der Waals surface area contributed by atoms with E-state index in [4.69, 9.17) is 9.15 Å². The summed E-state index contributed by atoms with van der Waals surface area (Å²) in [7, 11) is 0. The summed E-state index contributed by atoms with van der Waals surface area (Å²) in [4.78, 5) is 15.0. The van der Waals surface area contributed by atoms with E-state index in [0.29, 0.717) is 30.4 Å². The molecule has 1 aliphatic rings. The minimum atomic E-state index is -0.430. The van der Waals surface area contributed by atoms with Gasteiger partial charge in [0, 0.05) is 25.9 Å². The van der Waals surface area contributed by atoms with E-state index in [2.05, 4.69) is 15.3 Å². The minimum Gasteiger partial charge on any atom is -0.423 e. The summed E-state index contributed by atoms with van der Waals surface area (Å²) in [5, 5.41) is 12.1. The van der Waals surface area contributed by atoms with Gasteiger partial charge in [-0.3, -0.25) is 4.79 Å². The topological polar surface area (TPSA) is 86.3 Å². The Balaban J connectivity index is 1.62. The fourth-order valence-electron chi connectivity index (χ4n) is 3.13. The molecule has 1 amide bonds. The van der Waals surface area contributed by atoms with Gasteiger partial charge >= 0.3 is 0 Å². The fourth-order valence-corrected chi connectivity index (χ4v) is 3.13. The van der Waals surface area contributed by atoms with Gasteiger partial charge in [0.15, 0.2) is 6.10 Å². The number of hydrogen-bond donors (Lipinski definition) is 0. The largest absolute Gasteiger partial charge is 0.423 e. The van der Waals surface area contributed by atoms with Crippen LogP contribution in [0.3, 0.4) is 0 Å². The number of aryl methyl sites for hydroxylation is 1. The number of para-hydroxylation sites is 1. The number of hydrogen-bond acceptors (Lipinski definition) is 6. The van der Waals surface area contributed by atoms with E-state index < -0.39 is 6.10 Å². The molecule has 3 aromatic rings. The Bertz CT molecular complexity index is 905. The van der Waals surface area contributed by atoms with E-state index in [0.717, 1.165) is 5.69 Å². The quantitative estimate of drug-likeness (QED) is 0.717. The van der Waals surface area contributed by atoms with E-state index >= 15 is 0 Å². The molecule has 26 heavy (non-hydrogen) atoms. The molecule has 2 aromatic heterocycles. The molecule has 1 aliphatic heterocycles. The number of morpholine rings is 1. The van der Waals surface area contributed by atoms with Crippen LogP contribution >= 0.6 is 0 Å². The normalized spacial score (nSPS) is 20.3. The van der Waals surface area contributed by atoms with E-state index in [1.54, 1.807) is 22.7 Å². The molecule has 0 bridgehead atoms. The van der Waals surface area contributed by atoms with Crippen molar-refractivity contribution in [3.8, 4) is 5.69 Å². The zero-order valence-electron chi connectivity index (χ0n) is 14.6. The third-order valence-electron chi connectivity index (χ3n) is 4.25. The van der Waals surface area contributed by atoms with Crippen molar-refractivity contribution >= 4 is 5.91 Å². The lowest BCUT2D eigenvalue weighted by molar-refractivity contribution is -0.0796. The second-order valence-electron chi connectivity index (χ2n) is 6.27. The van der Waals surface area contributed by atoms with Gasteiger partial charge in [0.05, 0.1) is 23.9 Å². The highest BCUT2D eigenvalue weighted by Gasteiger charge is 2.33. The van der Waals surface area contributed by atoms with E-state index in [-0.39, 0.29) is 12.0 Å². The Morgan fingerprint density at radius 2 is 2.04 bits per heavy atom. The van der Waals surface area contributed by atoms with E-state index in [1.165, 1.54) is 0 Å². The lowest BCUT2D eigenvalue weighted by Crippen LogP contribution is -2.46. The smallest absolute Gasteiger partial charge is 0.256 e. The lowest BCUT2D eigenvalue weighted by Gasteiger charge is -2.35. The van der Waals surface area contributed by atoms with Gasteiger partial charge in [-0.15, -0.1) is 10.2 Å². The van der Waals surface area contributed by atoms with Crippen molar-refractivity contribution in [3.05, 3.63) is 60.1 Å². The zero-order valence-corrected chi connectivity index (χ0v) is 14.6. The first-order valence-electron chi connectivity index (χ1n) is 8.45. The van der Waals surface area contributed by atoms with Crippen molar-refractivity contribution in [2.24, 2.45) is 0 Å². The molecular formula is C18H19N5O3. The molecule has 134 valence electrons. The number of benzene rings is 1. The van der Waals surface area contributed by atoms with Crippen LogP contribution in [-0.2, 0) is 4.74 Å². The van der Waals surface area contributed by atoms with Crippen LogP contribution in [0, 0.1) is 6.92 Å². The maximum atomic E-state index is 13.2. The Kier molecular flexibility index (Phi) is 4.26. The van der Waals surface area contributed by atoms with Gasteiger partial charge in [-0.2, -0.15) is 5.10 Å². The molecule has 8 heteroatoms. The third-order valence-corrected chi connectivity index (χ3v) is 4.25. The van der Waals surface area contributed by atoms with Crippen LogP contribution in [0.2, 0.25) is 0 Å². The third kappa shape index (κ3) is 3.11. The molecule has 4 rings (SSSR count). The number of rotatable bonds is 3. The maximum Gasteiger partial charge on any atom is 0.256 e. The Morgan fingerprint density at radius 3 is 2.77 bits per heavy atom. The highest BCUT2D eigenvalue weighted by molar-refractivity contribution is 5.97. The van der Waals surface area contributed by atoms with Gasteiger partial charge in [-0.05, 0) is 25.1 Å². The standard InChI is InChI=1S/C18H19N5O3/c1-12-10-22(11-16(25-12)17-21-20-13(2)26-17)18(24)14-6-3-4-7-15(14)23-9-5-8-19-23/h3-9,12,16H,10-11H2,1-2H3/t12-,16-/m1/s1. The highest BCUT2D eigenvalue weighted by Crippen LogP contribution is 2.26. The molecule has 2 atom stereocenters.